The van der Waals surface area contributed by atoms with E-state index in [4.69, 9.17) is 5.73 Å². The van der Waals surface area contributed by atoms with Crippen LogP contribution >= 0.6 is 0 Å². The van der Waals surface area contributed by atoms with Crippen molar-refractivity contribution in [1.82, 2.24) is 19.3 Å². The summed E-state index contributed by atoms with van der Waals surface area (Å²) in [6.07, 6.45) is 5.01. The first-order chi connectivity index (χ1) is 8.86. The number of hydrogen-bond acceptors (Lipinski definition) is 5. The summed E-state index contributed by atoms with van der Waals surface area (Å²) in [5, 5.41) is 8.04. The van der Waals surface area contributed by atoms with Crippen LogP contribution in [0.3, 0.4) is 0 Å². The largest absolute Gasteiger partial charge is 0.323 e. The minimum absolute atomic E-state index is 0.132. The molecule has 19 heavy (non-hydrogen) atoms. The van der Waals surface area contributed by atoms with E-state index in [9.17, 15) is 8.42 Å². The van der Waals surface area contributed by atoms with E-state index in [1.165, 1.54) is 6.26 Å². The van der Waals surface area contributed by atoms with Gasteiger partial charge in [-0.25, -0.2) is 12.7 Å². The number of hydrogen-bond donors (Lipinski definition) is 1. The van der Waals surface area contributed by atoms with E-state index in [2.05, 4.69) is 10.3 Å². The van der Waals surface area contributed by atoms with Gasteiger partial charge in [-0.3, -0.25) is 4.68 Å². The lowest BCUT2D eigenvalue weighted by atomic mass is 10.00. The number of rotatable bonds is 4. The van der Waals surface area contributed by atoms with Crippen molar-refractivity contribution in [2.24, 2.45) is 11.7 Å². The van der Waals surface area contributed by atoms with Crippen molar-refractivity contribution in [3.8, 4) is 0 Å². The highest BCUT2D eigenvalue weighted by Gasteiger charge is 2.26. The number of nitrogens with two attached hydrogens (primary N) is 1. The van der Waals surface area contributed by atoms with Gasteiger partial charge in [0.2, 0.25) is 10.0 Å². The minimum Gasteiger partial charge on any atom is -0.323 e. The molecule has 1 aromatic heterocycles. The molecule has 1 fully saturated rings. The molecule has 2 unspecified atom stereocenters. The highest BCUT2D eigenvalue weighted by molar-refractivity contribution is 7.88. The Bertz CT molecular complexity index is 525. The predicted molar refractivity (Wildman–Crippen MR) is 71.8 cm³/mol. The second-order valence-electron chi connectivity index (χ2n) is 5.28. The van der Waals surface area contributed by atoms with E-state index in [1.807, 2.05) is 13.1 Å². The minimum atomic E-state index is -3.09. The lowest BCUT2D eigenvalue weighted by Crippen LogP contribution is -2.40. The lowest BCUT2D eigenvalue weighted by molar-refractivity contribution is 0.239. The van der Waals surface area contributed by atoms with Crippen LogP contribution in [0, 0.1) is 5.92 Å². The Hall–Kier alpha value is -0.990. The highest BCUT2D eigenvalue weighted by Crippen LogP contribution is 2.20. The van der Waals surface area contributed by atoms with E-state index in [1.54, 1.807) is 8.99 Å². The quantitative estimate of drug-likeness (QED) is 0.839. The molecule has 1 aliphatic rings. The van der Waals surface area contributed by atoms with Crippen LogP contribution in [0.1, 0.15) is 31.5 Å². The van der Waals surface area contributed by atoms with Crippen LogP contribution < -0.4 is 5.73 Å². The molecule has 2 rings (SSSR count). The molecule has 0 amide bonds. The Morgan fingerprint density at radius 3 is 2.89 bits per heavy atom. The summed E-state index contributed by atoms with van der Waals surface area (Å²) in [7, 11) is -3.09. The zero-order chi connectivity index (χ0) is 14.0. The van der Waals surface area contributed by atoms with E-state index < -0.39 is 10.0 Å². The SMILES string of the molecule is CC(N)c1cn(CC2CCCN(S(C)(=O)=O)C2)nn1. The monoisotopic (exact) mass is 287 g/mol. The maximum atomic E-state index is 11.6. The number of sulfonamides is 1. The van der Waals surface area contributed by atoms with Crippen molar-refractivity contribution < 1.29 is 8.42 Å². The number of piperidine rings is 1. The molecule has 0 saturated carbocycles. The first-order valence-corrected chi connectivity index (χ1v) is 8.32. The van der Waals surface area contributed by atoms with Gasteiger partial charge in [0.1, 0.15) is 0 Å². The van der Waals surface area contributed by atoms with E-state index in [0.29, 0.717) is 19.6 Å². The Morgan fingerprint density at radius 2 is 2.32 bits per heavy atom. The van der Waals surface area contributed by atoms with Gasteiger partial charge < -0.3 is 5.73 Å². The zero-order valence-corrected chi connectivity index (χ0v) is 12.2. The topological polar surface area (TPSA) is 94.1 Å². The molecule has 0 radical (unpaired) electrons. The number of aromatic nitrogens is 3. The van der Waals surface area contributed by atoms with Crippen LogP contribution in [0.5, 0.6) is 0 Å². The average molecular weight is 287 g/mol. The van der Waals surface area contributed by atoms with Gasteiger partial charge in [-0.1, -0.05) is 5.21 Å². The molecular formula is C11H21N5O2S. The van der Waals surface area contributed by atoms with Crippen molar-refractivity contribution in [3.63, 3.8) is 0 Å². The summed E-state index contributed by atoms with van der Waals surface area (Å²) < 4.78 is 26.4. The van der Waals surface area contributed by atoms with Gasteiger partial charge in [0.25, 0.3) is 0 Å². The van der Waals surface area contributed by atoms with Gasteiger partial charge in [-0.2, -0.15) is 0 Å². The summed E-state index contributed by atoms with van der Waals surface area (Å²) in [5.74, 6) is 0.283. The molecule has 108 valence electrons. The summed E-state index contributed by atoms with van der Waals surface area (Å²) in [5.41, 5.74) is 6.50. The molecular weight excluding hydrogens is 266 g/mol. The van der Waals surface area contributed by atoms with E-state index in [-0.39, 0.29) is 12.0 Å². The molecule has 1 saturated heterocycles. The predicted octanol–water partition coefficient (Wildman–Crippen LogP) is -0.0306. The second-order valence-corrected chi connectivity index (χ2v) is 7.27. The van der Waals surface area contributed by atoms with Crippen molar-refractivity contribution in [2.75, 3.05) is 19.3 Å². The molecule has 0 spiro atoms. The van der Waals surface area contributed by atoms with Crippen molar-refractivity contribution in [1.29, 1.82) is 0 Å². The molecule has 1 aliphatic heterocycles. The maximum absolute atomic E-state index is 11.6. The highest BCUT2D eigenvalue weighted by atomic mass is 32.2. The third-order valence-electron chi connectivity index (χ3n) is 3.42. The Labute approximate surface area is 113 Å². The summed E-state index contributed by atoms with van der Waals surface area (Å²) in [6, 6.07) is -0.132. The Balaban J connectivity index is 1.98. The van der Waals surface area contributed by atoms with Crippen LogP contribution in [-0.4, -0.2) is 47.1 Å². The summed E-state index contributed by atoms with van der Waals surface area (Å²) in [4.78, 5) is 0. The van der Waals surface area contributed by atoms with E-state index in [0.717, 1.165) is 18.5 Å². The molecule has 2 N–H and O–H groups in total. The molecule has 1 aromatic rings. The molecule has 0 bridgehead atoms. The second kappa shape index (κ2) is 5.56. The lowest BCUT2D eigenvalue weighted by Gasteiger charge is -2.30. The van der Waals surface area contributed by atoms with Crippen molar-refractivity contribution in [3.05, 3.63) is 11.9 Å². The smallest absolute Gasteiger partial charge is 0.211 e. The van der Waals surface area contributed by atoms with Crippen LogP contribution in [0.4, 0.5) is 0 Å². The third-order valence-corrected chi connectivity index (χ3v) is 4.69. The van der Waals surface area contributed by atoms with Crippen LogP contribution in [0.2, 0.25) is 0 Å². The van der Waals surface area contributed by atoms with Crippen LogP contribution in [0.15, 0.2) is 6.20 Å². The fourth-order valence-corrected chi connectivity index (χ4v) is 3.30. The molecule has 2 atom stereocenters. The van der Waals surface area contributed by atoms with Gasteiger partial charge in [-0.05, 0) is 25.7 Å². The molecule has 0 aliphatic carbocycles. The standard InChI is InChI=1S/C11H21N5O2S/c1-9(12)11-8-15(14-13-11)6-10-4-3-5-16(7-10)19(2,17)18/h8-10H,3-7,12H2,1-2H3. The van der Waals surface area contributed by atoms with Crippen molar-refractivity contribution >= 4 is 10.0 Å². The van der Waals surface area contributed by atoms with Crippen LogP contribution in [0.25, 0.3) is 0 Å². The molecule has 2 heterocycles. The number of nitrogens with zero attached hydrogens (tertiary/aromatic N) is 4. The first-order valence-electron chi connectivity index (χ1n) is 6.47. The van der Waals surface area contributed by atoms with Gasteiger partial charge in [0.15, 0.2) is 0 Å². The fourth-order valence-electron chi connectivity index (χ4n) is 2.35. The van der Waals surface area contributed by atoms with Gasteiger partial charge in [-0.15, -0.1) is 5.10 Å². The first kappa shape index (κ1) is 14.4. The zero-order valence-electron chi connectivity index (χ0n) is 11.4. The van der Waals surface area contributed by atoms with Crippen LogP contribution in [-0.2, 0) is 16.6 Å². The van der Waals surface area contributed by atoms with Crippen molar-refractivity contribution in [2.45, 2.75) is 32.4 Å². The van der Waals surface area contributed by atoms with Gasteiger partial charge in [0, 0.05) is 25.7 Å². The van der Waals surface area contributed by atoms with E-state index >= 15 is 0 Å². The summed E-state index contributed by atoms with van der Waals surface area (Å²) >= 11 is 0. The van der Waals surface area contributed by atoms with Gasteiger partial charge in [0.05, 0.1) is 18.1 Å². The third kappa shape index (κ3) is 3.74. The average Bonchev–Trinajstić information content (AvgIpc) is 2.77. The molecule has 8 heteroatoms. The Morgan fingerprint density at radius 1 is 1.58 bits per heavy atom. The van der Waals surface area contributed by atoms with Gasteiger partial charge >= 0.3 is 0 Å². The molecule has 0 aromatic carbocycles. The normalized spacial score (nSPS) is 23.4. The Kier molecular flexibility index (Phi) is 4.22. The molecule has 7 nitrogen and oxygen atoms in total. The maximum Gasteiger partial charge on any atom is 0.211 e. The summed E-state index contributed by atoms with van der Waals surface area (Å²) in [6.45, 7) is 3.73. The fraction of sp³-hybridized carbons (Fsp3) is 0.818.